The van der Waals surface area contributed by atoms with Crippen molar-refractivity contribution >= 4 is 5.91 Å². The van der Waals surface area contributed by atoms with Crippen molar-refractivity contribution in [1.82, 2.24) is 14.9 Å². The van der Waals surface area contributed by atoms with Gasteiger partial charge in [-0.2, -0.15) is 0 Å². The smallest absolute Gasteiger partial charge is 0.323 e. The lowest BCUT2D eigenvalue weighted by Gasteiger charge is -2.24. The Labute approximate surface area is 123 Å². The van der Waals surface area contributed by atoms with Crippen molar-refractivity contribution in [3.8, 4) is 0 Å². The number of hydrogen-bond donors (Lipinski definition) is 2. The molecule has 2 heterocycles. The second-order valence-corrected chi connectivity index (χ2v) is 5.51. The molecule has 0 radical (unpaired) electrons. The van der Waals surface area contributed by atoms with Crippen LogP contribution >= 0.6 is 0 Å². The third kappa shape index (κ3) is 3.07. The molecule has 3 rings (SSSR count). The molecule has 1 aliphatic rings. The van der Waals surface area contributed by atoms with E-state index in [1.807, 2.05) is 23.1 Å². The van der Waals surface area contributed by atoms with Crippen LogP contribution in [0.1, 0.15) is 41.2 Å². The fourth-order valence-electron chi connectivity index (χ4n) is 2.94. The van der Waals surface area contributed by atoms with Gasteiger partial charge in [-0.1, -0.05) is 36.8 Å². The average molecular weight is 285 g/mol. The highest BCUT2D eigenvalue weighted by Gasteiger charge is 2.24. The Kier molecular flexibility index (Phi) is 3.90. The summed E-state index contributed by atoms with van der Waals surface area (Å²) in [6.07, 6.45) is 4.67. The van der Waals surface area contributed by atoms with E-state index in [0.717, 1.165) is 25.8 Å². The summed E-state index contributed by atoms with van der Waals surface area (Å²) < 4.78 is 0. The Bertz CT molecular complexity index is 659. The molecule has 5 nitrogen and oxygen atoms in total. The van der Waals surface area contributed by atoms with E-state index in [2.05, 4.69) is 22.1 Å². The predicted molar refractivity (Wildman–Crippen MR) is 80.4 cm³/mol. The minimum atomic E-state index is -0.340. The van der Waals surface area contributed by atoms with E-state index in [9.17, 15) is 9.59 Å². The van der Waals surface area contributed by atoms with Crippen LogP contribution in [-0.4, -0.2) is 33.9 Å². The molecule has 1 atom stereocenters. The zero-order chi connectivity index (χ0) is 14.7. The molecule has 21 heavy (non-hydrogen) atoms. The topological polar surface area (TPSA) is 69.0 Å². The number of H-pyrrole nitrogens is 2. The number of nitrogens with zero attached hydrogens (tertiary/aromatic N) is 1. The van der Waals surface area contributed by atoms with Gasteiger partial charge in [-0.25, -0.2) is 4.79 Å². The highest BCUT2D eigenvalue weighted by molar-refractivity contribution is 5.92. The number of hydrogen-bond acceptors (Lipinski definition) is 2. The summed E-state index contributed by atoms with van der Waals surface area (Å²) in [4.78, 5) is 30.5. The summed E-state index contributed by atoms with van der Waals surface area (Å²) in [5.41, 5.74) is 1.28. The van der Waals surface area contributed by atoms with Crippen LogP contribution in [0.5, 0.6) is 0 Å². The SMILES string of the molecule is O=C(c1c[nH]c(=O)[nH]1)N1CCCC[C@H](c2ccccc2)C1. The largest absolute Gasteiger partial charge is 0.337 e. The Balaban J connectivity index is 1.79. The highest BCUT2D eigenvalue weighted by Crippen LogP contribution is 2.26. The first-order valence-electron chi connectivity index (χ1n) is 7.36. The fraction of sp³-hybridized carbons (Fsp3) is 0.375. The average Bonchev–Trinajstić information content (AvgIpc) is 2.81. The molecule has 110 valence electrons. The van der Waals surface area contributed by atoms with Gasteiger partial charge in [0.05, 0.1) is 0 Å². The second kappa shape index (κ2) is 5.99. The van der Waals surface area contributed by atoms with Gasteiger partial charge in [0.15, 0.2) is 0 Å². The van der Waals surface area contributed by atoms with Crippen LogP contribution in [0.2, 0.25) is 0 Å². The third-order valence-electron chi connectivity index (χ3n) is 4.06. The van der Waals surface area contributed by atoms with E-state index in [4.69, 9.17) is 0 Å². The number of carbonyl (C=O) groups is 1. The van der Waals surface area contributed by atoms with E-state index < -0.39 is 0 Å². The number of nitrogens with one attached hydrogen (secondary N) is 2. The molecule has 5 heteroatoms. The summed E-state index contributed by atoms with van der Waals surface area (Å²) in [5.74, 6) is 0.263. The van der Waals surface area contributed by atoms with Gasteiger partial charge in [-0.05, 0) is 18.4 Å². The molecule has 1 saturated heterocycles. The lowest BCUT2D eigenvalue weighted by molar-refractivity contribution is 0.0749. The van der Waals surface area contributed by atoms with Crippen molar-refractivity contribution < 1.29 is 4.79 Å². The molecule has 1 fully saturated rings. The van der Waals surface area contributed by atoms with Gasteiger partial charge in [0.25, 0.3) is 5.91 Å². The van der Waals surface area contributed by atoms with Crippen LogP contribution < -0.4 is 5.69 Å². The predicted octanol–water partition coefficient (Wildman–Crippen LogP) is 2.11. The van der Waals surface area contributed by atoms with Gasteiger partial charge in [-0.15, -0.1) is 0 Å². The number of aromatic nitrogens is 2. The summed E-state index contributed by atoms with van der Waals surface area (Å²) in [6.45, 7) is 1.45. The minimum Gasteiger partial charge on any atom is -0.337 e. The number of rotatable bonds is 2. The van der Waals surface area contributed by atoms with Crippen molar-refractivity contribution in [2.45, 2.75) is 25.2 Å². The Hall–Kier alpha value is -2.30. The number of likely N-dealkylation sites (tertiary alicyclic amines) is 1. The number of imidazole rings is 1. The zero-order valence-corrected chi connectivity index (χ0v) is 11.8. The number of aromatic amines is 2. The first kappa shape index (κ1) is 13.7. The summed E-state index contributed by atoms with van der Waals surface area (Å²) in [7, 11) is 0. The van der Waals surface area contributed by atoms with E-state index in [-0.39, 0.29) is 11.6 Å². The molecule has 0 spiro atoms. The van der Waals surface area contributed by atoms with Crippen molar-refractivity contribution in [3.63, 3.8) is 0 Å². The van der Waals surface area contributed by atoms with Crippen molar-refractivity contribution in [3.05, 3.63) is 58.3 Å². The molecule has 0 bridgehead atoms. The monoisotopic (exact) mass is 285 g/mol. The molecule has 0 saturated carbocycles. The van der Waals surface area contributed by atoms with Crippen LogP contribution in [0.3, 0.4) is 0 Å². The van der Waals surface area contributed by atoms with Crippen molar-refractivity contribution in [2.75, 3.05) is 13.1 Å². The number of amides is 1. The van der Waals surface area contributed by atoms with E-state index in [0.29, 0.717) is 18.2 Å². The van der Waals surface area contributed by atoms with Gasteiger partial charge in [0.2, 0.25) is 0 Å². The second-order valence-electron chi connectivity index (χ2n) is 5.51. The summed E-state index contributed by atoms with van der Waals surface area (Å²) in [6, 6.07) is 10.3. The molecule has 0 aliphatic carbocycles. The van der Waals surface area contributed by atoms with Gasteiger partial charge < -0.3 is 14.9 Å². The fourth-order valence-corrected chi connectivity index (χ4v) is 2.94. The molecule has 2 N–H and O–H groups in total. The first-order valence-corrected chi connectivity index (χ1v) is 7.36. The molecular weight excluding hydrogens is 266 g/mol. The quantitative estimate of drug-likeness (QED) is 0.887. The maximum absolute atomic E-state index is 12.5. The molecule has 1 amide bonds. The zero-order valence-electron chi connectivity index (χ0n) is 11.8. The first-order chi connectivity index (χ1) is 10.2. The highest BCUT2D eigenvalue weighted by atomic mass is 16.2. The van der Waals surface area contributed by atoms with Crippen molar-refractivity contribution in [2.24, 2.45) is 0 Å². The standard InChI is InChI=1S/C16H19N3O2/c20-15(14-10-17-16(21)18-14)19-9-5-4-8-13(11-19)12-6-2-1-3-7-12/h1-3,6-7,10,13H,4-5,8-9,11H2,(H2,17,18,21)/t13-/m0/s1. The Morgan fingerprint density at radius 2 is 2.00 bits per heavy atom. The summed E-state index contributed by atoms with van der Waals surface area (Å²) in [5, 5.41) is 0. The molecular formula is C16H19N3O2. The van der Waals surface area contributed by atoms with Crippen LogP contribution in [0.25, 0.3) is 0 Å². The molecule has 1 aromatic heterocycles. The lowest BCUT2D eigenvalue weighted by atomic mass is 9.94. The molecule has 1 aromatic carbocycles. The number of benzene rings is 1. The minimum absolute atomic E-state index is 0.101. The van der Waals surface area contributed by atoms with E-state index in [1.54, 1.807) is 0 Å². The third-order valence-corrected chi connectivity index (χ3v) is 4.06. The van der Waals surface area contributed by atoms with Gasteiger partial charge >= 0.3 is 5.69 Å². The van der Waals surface area contributed by atoms with Crippen molar-refractivity contribution in [1.29, 1.82) is 0 Å². The Morgan fingerprint density at radius 3 is 2.71 bits per heavy atom. The van der Waals surface area contributed by atoms with Crippen LogP contribution in [0.4, 0.5) is 0 Å². The van der Waals surface area contributed by atoms with E-state index >= 15 is 0 Å². The maximum Gasteiger partial charge on any atom is 0.323 e. The normalized spacial score (nSPS) is 19.2. The van der Waals surface area contributed by atoms with Gasteiger partial charge in [0.1, 0.15) is 5.69 Å². The maximum atomic E-state index is 12.5. The summed E-state index contributed by atoms with van der Waals surface area (Å²) >= 11 is 0. The van der Waals surface area contributed by atoms with Gasteiger partial charge in [-0.3, -0.25) is 4.79 Å². The lowest BCUT2D eigenvalue weighted by Crippen LogP contribution is -2.34. The molecule has 1 aliphatic heterocycles. The van der Waals surface area contributed by atoms with Crippen LogP contribution in [0.15, 0.2) is 41.3 Å². The molecule has 2 aromatic rings. The Morgan fingerprint density at radius 1 is 1.19 bits per heavy atom. The van der Waals surface area contributed by atoms with Gasteiger partial charge in [0, 0.05) is 25.2 Å². The molecule has 0 unspecified atom stereocenters. The van der Waals surface area contributed by atoms with Crippen LogP contribution in [0, 0.1) is 0 Å². The number of carbonyl (C=O) groups excluding carboxylic acids is 1. The van der Waals surface area contributed by atoms with Crippen LogP contribution in [-0.2, 0) is 0 Å². The van der Waals surface area contributed by atoms with E-state index in [1.165, 1.54) is 11.8 Å².